The molecule has 0 amide bonds. The van der Waals surface area contributed by atoms with Gasteiger partial charge in [0.05, 0.1) is 38.3 Å². The molecule has 2 N–H and O–H groups in total. The minimum atomic E-state index is -0.461. The Balaban J connectivity index is 3.59. The van der Waals surface area contributed by atoms with E-state index in [1.165, 1.54) is 0 Å². The van der Waals surface area contributed by atoms with Gasteiger partial charge >= 0.3 is 11.9 Å². The second kappa shape index (κ2) is 15.4. The van der Waals surface area contributed by atoms with Gasteiger partial charge in [-0.3, -0.25) is 9.59 Å². The van der Waals surface area contributed by atoms with Crippen molar-refractivity contribution in [1.29, 1.82) is 0 Å². The quantitative estimate of drug-likeness (QED) is 0.443. The molecule has 0 spiro atoms. The molecule has 0 aromatic heterocycles. The fourth-order valence-corrected chi connectivity index (χ4v) is 2.13. The van der Waals surface area contributed by atoms with Crippen LogP contribution in [-0.4, -0.2) is 47.6 Å². The molecule has 0 aromatic carbocycles. The highest BCUT2D eigenvalue weighted by molar-refractivity contribution is 5.77. The van der Waals surface area contributed by atoms with Crippen LogP contribution < -0.4 is 0 Å². The topological polar surface area (TPSA) is 93.1 Å². The largest absolute Gasteiger partial charge is 0.466 e. The van der Waals surface area contributed by atoms with Gasteiger partial charge in [-0.05, 0) is 12.8 Å². The van der Waals surface area contributed by atoms with Crippen LogP contribution in [-0.2, 0) is 19.1 Å². The number of aliphatic hydroxyl groups excluding tert-OH is 2. The summed E-state index contributed by atoms with van der Waals surface area (Å²) in [5, 5.41) is 19.2. The SMILES string of the molecule is CCCCC(O)CCOC(=O)CCC(=O)OCCC(O)CCCC. The van der Waals surface area contributed by atoms with E-state index in [0.29, 0.717) is 25.7 Å². The van der Waals surface area contributed by atoms with Crippen LogP contribution in [0.25, 0.3) is 0 Å². The third-order valence-electron chi connectivity index (χ3n) is 3.74. The van der Waals surface area contributed by atoms with Crippen LogP contribution in [0.3, 0.4) is 0 Å². The first-order valence-electron chi connectivity index (χ1n) is 9.16. The molecule has 6 nitrogen and oxygen atoms in total. The summed E-state index contributed by atoms with van der Waals surface area (Å²) in [6, 6.07) is 0. The van der Waals surface area contributed by atoms with Crippen molar-refractivity contribution in [3.05, 3.63) is 0 Å². The maximum atomic E-state index is 11.5. The molecule has 6 heteroatoms. The summed E-state index contributed by atoms with van der Waals surface area (Å²) < 4.78 is 9.97. The van der Waals surface area contributed by atoms with Crippen LogP contribution in [0.1, 0.15) is 78.1 Å². The van der Waals surface area contributed by atoms with Gasteiger partial charge in [-0.25, -0.2) is 0 Å². The molecule has 0 radical (unpaired) electrons. The smallest absolute Gasteiger partial charge is 0.306 e. The summed E-state index contributed by atoms with van der Waals surface area (Å²) in [7, 11) is 0. The molecule has 0 saturated heterocycles. The van der Waals surface area contributed by atoms with Crippen molar-refractivity contribution in [3.63, 3.8) is 0 Å². The minimum absolute atomic E-state index is 0.0255. The van der Waals surface area contributed by atoms with Crippen LogP contribution in [0.4, 0.5) is 0 Å². The molecule has 142 valence electrons. The third kappa shape index (κ3) is 14.5. The zero-order chi connectivity index (χ0) is 18.2. The molecule has 0 aliphatic heterocycles. The molecule has 0 heterocycles. The van der Waals surface area contributed by atoms with Crippen molar-refractivity contribution in [2.45, 2.75) is 90.3 Å². The fraction of sp³-hybridized carbons (Fsp3) is 0.889. The molecule has 0 bridgehead atoms. The predicted octanol–water partition coefficient (Wildman–Crippen LogP) is 2.74. The zero-order valence-corrected chi connectivity index (χ0v) is 15.2. The van der Waals surface area contributed by atoms with Crippen molar-refractivity contribution in [2.75, 3.05) is 13.2 Å². The van der Waals surface area contributed by atoms with Crippen molar-refractivity contribution < 1.29 is 29.3 Å². The Labute approximate surface area is 145 Å². The third-order valence-corrected chi connectivity index (χ3v) is 3.74. The molecule has 0 fully saturated rings. The number of rotatable bonds is 15. The number of esters is 2. The van der Waals surface area contributed by atoms with E-state index in [1.807, 2.05) is 0 Å². The molecule has 2 atom stereocenters. The van der Waals surface area contributed by atoms with Crippen LogP contribution in [0.5, 0.6) is 0 Å². The molecule has 0 aromatic rings. The van der Waals surface area contributed by atoms with E-state index in [-0.39, 0.29) is 26.1 Å². The monoisotopic (exact) mass is 346 g/mol. The average Bonchev–Trinajstić information content (AvgIpc) is 2.56. The predicted molar refractivity (Wildman–Crippen MR) is 91.4 cm³/mol. The molecule has 0 aliphatic rings. The zero-order valence-electron chi connectivity index (χ0n) is 15.2. The fourth-order valence-electron chi connectivity index (χ4n) is 2.13. The van der Waals surface area contributed by atoms with Crippen molar-refractivity contribution in [3.8, 4) is 0 Å². The van der Waals surface area contributed by atoms with Gasteiger partial charge < -0.3 is 19.7 Å². The lowest BCUT2D eigenvalue weighted by Gasteiger charge is -2.11. The summed E-state index contributed by atoms with van der Waals surface area (Å²) in [6.45, 7) is 4.44. The molecule has 0 saturated carbocycles. The highest BCUT2D eigenvalue weighted by Gasteiger charge is 2.11. The van der Waals surface area contributed by atoms with E-state index < -0.39 is 24.1 Å². The molecule has 0 rings (SSSR count). The van der Waals surface area contributed by atoms with E-state index in [0.717, 1.165) is 25.7 Å². The Morgan fingerprint density at radius 2 is 1.12 bits per heavy atom. The molecule has 2 unspecified atom stereocenters. The van der Waals surface area contributed by atoms with E-state index in [4.69, 9.17) is 9.47 Å². The van der Waals surface area contributed by atoms with Gasteiger partial charge in [-0.15, -0.1) is 0 Å². The average molecular weight is 346 g/mol. The molecule has 24 heavy (non-hydrogen) atoms. The van der Waals surface area contributed by atoms with Crippen molar-refractivity contribution >= 4 is 11.9 Å². The number of hydrogen-bond donors (Lipinski definition) is 2. The van der Waals surface area contributed by atoms with Gasteiger partial charge in [0.15, 0.2) is 0 Å². The second-order valence-electron chi connectivity index (χ2n) is 6.11. The summed E-state index contributed by atoms with van der Waals surface area (Å²) >= 11 is 0. The van der Waals surface area contributed by atoms with E-state index >= 15 is 0 Å². The maximum absolute atomic E-state index is 11.5. The van der Waals surface area contributed by atoms with Crippen molar-refractivity contribution in [2.24, 2.45) is 0 Å². The van der Waals surface area contributed by atoms with Crippen LogP contribution in [0.2, 0.25) is 0 Å². The maximum Gasteiger partial charge on any atom is 0.306 e. The first-order chi connectivity index (χ1) is 11.5. The Morgan fingerprint density at radius 1 is 0.750 bits per heavy atom. The summed E-state index contributed by atoms with van der Waals surface area (Å²) in [5.41, 5.74) is 0. The molecule has 0 aliphatic carbocycles. The number of carbonyl (C=O) groups excluding carboxylic acids is 2. The Bertz CT molecular complexity index is 299. The van der Waals surface area contributed by atoms with Gasteiger partial charge in [0.1, 0.15) is 0 Å². The summed E-state index contributed by atoms with van der Waals surface area (Å²) in [6.07, 6.45) is 5.28. The van der Waals surface area contributed by atoms with Crippen LogP contribution >= 0.6 is 0 Å². The Hall–Kier alpha value is -1.14. The first-order valence-corrected chi connectivity index (χ1v) is 9.16. The first kappa shape index (κ1) is 22.9. The van der Waals surface area contributed by atoms with Gasteiger partial charge in [-0.1, -0.05) is 39.5 Å². The van der Waals surface area contributed by atoms with Gasteiger partial charge in [0.25, 0.3) is 0 Å². The second-order valence-corrected chi connectivity index (χ2v) is 6.11. The van der Waals surface area contributed by atoms with Gasteiger partial charge in [0, 0.05) is 12.8 Å². The summed E-state index contributed by atoms with van der Waals surface area (Å²) in [4.78, 5) is 23.0. The number of hydrogen-bond acceptors (Lipinski definition) is 6. The lowest BCUT2D eigenvalue weighted by Crippen LogP contribution is -2.16. The minimum Gasteiger partial charge on any atom is -0.466 e. The Morgan fingerprint density at radius 3 is 1.46 bits per heavy atom. The number of aliphatic hydroxyl groups is 2. The highest BCUT2D eigenvalue weighted by Crippen LogP contribution is 2.06. The molecular formula is C18H34O6. The number of ether oxygens (including phenoxy) is 2. The normalized spacial score (nSPS) is 13.3. The van der Waals surface area contributed by atoms with Gasteiger partial charge in [0.2, 0.25) is 0 Å². The van der Waals surface area contributed by atoms with Crippen LogP contribution in [0, 0.1) is 0 Å². The molecular weight excluding hydrogens is 312 g/mol. The number of carbonyl (C=O) groups is 2. The lowest BCUT2D eigenvalue weighted by molar-refractivity contribution is -0.151. The lowest BCUT2D eigenvalue weighted by atomic mass is 10.1. The highest BCUT2D eigenvalue weighted by atomic mass is 16.5. The van der Waals surface area contributed by atoms with Crippen LogP contribution in [0.15, 0.2) is 0 Å². The number of unbranched alkanes of at least 4 members (excludes halogenated alkanes) is 2. The standard InChI is InChI=1S/C18H34O6/c1-3-5-7-15(19)11-13-23-17(21)9-10-18(22)24-14-12-16(20)8-6-4-2/h15-16,19-20H,3-14H2,1-2H3. The van der Waals surface area contributed by atoms with E-state index in [1.54, 1.807) is 0 Å². The Kier molecular flexibility index (Phi) is 14.7. The van der Waals surface area contributed by atoms with E-state index in [2.05, 4.69) is 13.8 Å². The van der Waals surface area contributed by atoms with E-state index in [9.17, 15) is 19.8 Å². The van der Waals surface area contributed by atoms with Crippen molar-refractivity contribution in [1.82, 2.24) is 0 Å². The van der Waals surface area contributed by atoms with Gasteiger partial charge in [-0.2, -0.15) is 0 Å². The summed E-state index contributed by atoms with van der Waals surface area (Å²) in [5.74, 6) is -0.921.